The van der Waals surface area contributed by atoms with E-state index in [9.17, 15) is 4.79 Å². The molecule has 0 aromatic heterocycles. The summed E-state index contributed by atoms with van der Waals surface area (Å²) in [4.78, 5) is 11.8. The van der Waals surface area contributed by atoms with Crippen molar-refractivity contribution in [1.29, 1.82) is 0 Å². The van der Waals surface area contributed by atoms with Crippen molar-refractivity contribution in [3.63, 3.8) is 0 Å². The standard InChI is InChI=1S/C13H16BrNO/c1-13(2,14)12(16)15-11-7-9-5-3-4-6-10(9)8-11/h3-6,11H,7-8H2,1-2H3,(H,15,16). The third kappa shape index (κ3) is 2.46. The van der Waals surface area contributed by atoms with Gasteiger partial charge >= 0.3 is 0 Å². The monoisotopic (exact) mass is 281 g/mol. The lowest BCUT2D eigenvalue weighted by Gasteiger charge is -2.19. The Balaban J connectivity index is 2.00. The summed E-state index contributed by atoms with van der Waals surface area (Å²) in [6.07, 6.45) is 1.90. The molecule has 1 aliphatic rings. The minimum Gasteiger partial charge on any atom is -0.352 e. The largest absolute Gasteiger partial charge is 0.352 e. The molecule has 0 fully saturated rings. The topological polar surface area (TPSA) is 29.1 Å². The molecule has 1 aliphatic carbocycles. The van der Waals surface area contributed by atoms with Gasteiger partial charge in [0.05, 0.1) is 4.32 Å². The molecule has 86 valence electrons. The number of nitrogens with one attached hydrogen (secondary N) is 1. The first-order valence-electron chi connectivity index (χ1n) is 5.53. The molecule has 3 heteroatoms. The number of alkyl halides is 1. The van der Waals surface area contributed by atoms with Crippen molar-refractivity contribution in [2.45, 2.75) is 37.1 Å². The highest BCUT2D eigenvalue weighted by Crippen LogP contribution is 2.23. The van der Waals surface area contributed by atoms with Crippen LogP contribution in [-0.4, -0.2) is 16.3 Å². The summed E-state index contributed by atoms with van der Waals surface area (Å²) in [7, 11) is 0. The zero-order valence-electron chi connectivity index (χ0n) is 9.59. The lowest BCUT2D eigenvalue weighted by atomic mass is 10.1. The molecule has 1 amide bonds. The molecular weight excluding hydrogens is 266 g/mol. The summed E-state index contributed by atoms with van der Waals surface area (Å²) in [6, 6.07) is 8.64. The molecule has 1 aromatic carbocycles. The quantitative estimate of drug-likeness (QED) is 0.829. The van der Waals surface area contributed by atoms with Crippen LogP contribution in [0.25, 0.3) is 0 Å². The number of benzene rings is 1. The van der Waals surface area contributed by atoms with E-state index in [4.69, 9.17) is 0 Å². The molecule has 0 spiro atoms. The Labute approximate surface area is 105 Å². The minimum atomic E-state index is -0.484. The van der Waals surface area contributed by atoms with Crippen LogP contribution in [0.15, 0.2) is 24.3 Å². The van der Waals surface area contributed by atoms with E-state index in [1.54, 1.807) is 0 Å². The second-order valence-electron chi connectivity index (χ2n) is 4.82. The molecule has 16 heavy (non-hydrogen) atoms. The lowest BCUT2D eigenvalue weighted by Crippen LogP contribution is -2.44. The SMILES string of the molecule is CC(C)(Br)C(=O)NC1Cc2ccccc2C1. The highest BCUT2D eigenvalue weighted by Gasteiger charge is 2.28. The first-order valence-corrected chi connectivity index (χ1v) is 6.33. The highest BCUT2D eigenvalue weighted by atomic mass is 79.9. The van der Waals surface area contributed by atoms with E-state index in [1.165, 1.54) is 11.1 Å². The van der Waals surface area contributed by atoms with E-state index in [0.717, 1.165) is 12.8 Å². The van der Waals surface area contributed by atoms with Gasteiger partial charge in [-0.1, -0.05) is 40.2 Å². The predicted octanol–water partition coefficient (Wildman–Crippen LogP) is 2.44. The third-order valence-electron chi connectivity index (χ3n) is 2.93. The molecule has 0 unspecified atom stereocenters. The second-order valence-corrected chi connectivity index (χ2v) is 6.80. The fourth-order valence-corrected chi connectivity index (χ4v) is 2.13. The normalized spacial score (nSPS) is 15.9. The van der Waals surface area contributed by atoms with Gasteiger partial charge in [-0.3, -0.25) is 4.79 Å². The third-order valence-corrected chi connectivity index (χ3v) is 3.29. The fraction of sp³-hybridized carbons (Fsp3) is 0.462. The molecule has 0 bridgehead atoms. The van der Waals surface area contributed by atoms with E-state index in [-0.39, 0.29) is 11.9 Å². The Morgan fingerprint density at radius 3 is 2.25 bits per heavy atom. The molecule has 2 rings (SSSR count). The summed E-state index contributed by atoms with van der Waals surface area (Å²) in [6.45, 7) is 3.73. The Bertz CT molecular complexity index is 384. The Morgan fingerprint density at radius 1 is 1.31 bits per heavy atom. The zero-order valence-corrected chi connectivity index (χ0v) is 11.2. The van der Waals surface area contributed by atoms with Crippen molar-refractivity contribution in [2.24, 2.45) is 0 Å². The molecule has 0 heterocycles. The van der Waals surface area contributed by atoms with Crippen molar-refractivity contribution in [3.8, 4) is 0 Å². The summed E-state index contributed by atoms with van der Waals surface area (Å²) >= 11 is 3.37. The van der Waals surface area contributed by atoms with E-state index >= 15 is 0 Å². The average Bonchev–Trinajstić information content (AvgIpc) is 2.58. The van der Waals surface area contributed by atoms with Crippen molar-refractivity contribution >= 4 is 21.8 Å². The van der Waals surface area contributed by atoms with Gasteiger partial charge in [0.15, 0.2) is 0 Å². The molecule has 1 aromatic rings. The molecule has 0 radical (unpaired) electrons. The summed E-state index contributed by atoms with van der Waals surface area (Å²) < 4.78 is -0.484. The Morgan fingerprint density at radius 2 is 1.81 bits per heavy atom. The van der Waals surface area contributed by atoms with Crippen molar-refractivity contribution in [2.75, 3.05) is 0 Å². The van der Waals surface area contributed by atoms with Gasteiger partial charge in [-0.2, -0.15) is 0 Å². The molecule has 0 aliphatic heterocycles. The highest BCUT2D eigenvalue weighted by molar-refractivity contribution is 9.10. The van der Waals surface area contributed by atoms with Crippen LogP contribution in [0.1, 0.15) is 25.0 Å². The Hall–Kier alpha value is -0.830. The van der Waals surface area contributed by atoms with Crippen molar-refractivity contribution in [3.05, 3.63) is 35.4 Å². The molecule has 2 nitrogen and oxygen atoms in total. The van der Waals surface area contributed by atoms with E-state index < -0.39 is 4.32 Å². The number of rotatable bonds is 2. The van der Waals surface area contributed by atoms with E-state index in [1.807, 2.05) is 13.8 Å². The molecule has 0 saturated heterocycles. The first kappa shape index (κ1) is 11.6. The number of carbonyl (C=O) groups is 1. The Kier molecular flexibility index (Phi) is 3.06. The first-order chi connectivity index (χ1) is 7.47. The maximum atomic E-state index is 11.8. The van der Waals surface area contributed by atoms with Crippen LogP contribution in [0.5, 0.6) is 0 Å². The molecule has 1 N–H and O–H groups in total. The van der Waals surface area contributed by atoms with Gasteiger partial charge < -0.3 is 5.32 Å². The second kappa shape index (κ2) is 4.21. The number of amides is 1. The van der Waals surface area contributed by atoms with Gasteiger partial charge in [-0.05, 0) is 37.8 Å². The van der Waals surface area contributed by atoms with Gasteiger partial charge in [0.1, 0.15) is 0 Å². The van der Waals surface area contributed by atoms with Crippen LogP contribution in [0.3, 0.4) is 0 Å². The smallest absolute Gasteiger partial charge is 0.236 e. The van der Waals surface area contributed by atoms with Crippen LogP contribution in [0.4, 0.5) is 0 Å². The van der Waals surface area contributed by atoms with Gasteiger partial charge in [-0.25, -0.2) is 0 Å². The summed E-state index contributed by atoms with van der Waals surface area (Å²) in [5.41, 5.74) is 2.72. The molecule has 0 atom stereocenters. The van der Waals surface area contributed by atoms with Gasteiger partial charge in [0.25, 0.3) is 0 Å². The van der Waals surface area contributed by atoms with Crippen molar-refractivity contribution in [1.82, 2.24) is 5.32 Å². The minimum absolute atomic E-state index is 0.0605. The fourth-order valence-electron chi connectivity index (χ4n) is 2.02. The van der Waals surface area contributed by atoms with Crippen LogP contribution < -0.4 is 5.32 Å². The molecule has 0 saturated carbocycles. The van der Waals surface area contributed by atoms with E-state index in [0.29, 0.717) is 0 Å². The number of carbonyl (C=O) groups excluding carboxylic acids is 1. The van der Waals surface area contributed by atoms with Crippen molar-refractivity contribution < 1.29 is 4.79 Å². The number of hydrogen-bond donors (Lipinski definition) is 1. The van der Waals surface area contributed by atoms with Gasteiger partial charge in [-0.15, -0.1) is 0 Å². The average molecular weight is 282 g/mol. The van der Waals surface area contributed by atoms with Crippen LogP contribution >= 0.6 is 15.9 Å². The van der Waals surface area contributed by atoms with Crippen LogP contribution in [0, 0.1) is 0 Å². The predicted molar refractivity (Wildman–Crippen MR) is 68.8 cm³/mol. The van der Waals surface area contributed by atoms with Crippen LogP contribution in [0.2, 0.25) is 0 Å². The van der Waals surface area contributed by atoms with Crippen LogP contribution in [-0.2, 0) is 17.6 Å². The lowest BCUT2D eigenvalue weighted by molar-refractivity contribution is -0.123. The molecular formula is C13H16BrNO. The number of halogens is 1. The zero-order chi connectivity index (χ0) is 11.8. The van der Waals surface area contributed by atoms with Gasteiger partial charge in [0.2, 0.25) is 5.91 Å². The van der Waals surface area contributed by atoms with Gasteiger partial charge in [0, 0.05) is 6.04 Å². The maximum Gasteiger partial charge on any atom is 0.236 e. The van der Waals surface area contributed by atoms with E-state index in [2.05, 4.69) is 45.5 Å². The summed E-state index contributed by atoms with van der Waals surface area (Å²) in [5.74, 6) is 0.0605. The summed E-state index contributed by atoms with van der Waals surface area (Å²) in [5, 5.41) is 3.08. The number of fused-ring (bicyclic) bond motifs is 1. The maximum absolute atomic E-state index is 11.8. The number of hydrogen-bond acceptors (Lipinski definition) is 1.